The predicted octanol–water partition coefficient (Wildman–Crippen LogP) is 3.71. The molecule has 0 aliphatic carbocycles. The average molecular weight is 295 g/mol. The van der Waals surface area contributed by atoms with E-state index in [-0.39, 0.29) is 6.04 Å². The minimum atomic E-state index is 0.160. The SMILES string of the molecule is CCCc1ccc(C(N)CSCCN(CC)CC)cc1. The third kappa shape index (κ3) is 6.29. The van der Waals surface area contributed by atoms with Gasteiger partial charge < -0.3 is 10.6 Å². The molecule has 1 aromatic carbocycles. The Labute approximate surface area is 129 Å². The molecule has 3 heteroatoms. The van der Waals surface area contributed by atoms with Crippen LogP contribution < -0.4 is 5.73 Å². The summed E-state index contributed by atoms with van der Waals surface area (Å²) in [5.74, 6) is 2.18. The van der Waals surface area contributed by atoms with Crippen LogP contribution in [0.1, 0.15) is 44.4 Å². The van der Waals surface area contributed by atoms with Gasteiger partial charge in [0.15, 0.2) is 0 Å². The fraction of sp³-hybridized carbons (Fsp3) is 0.647. The van der Waals surface area contributed by atoms with Crippen LogP contribution in [0.25, 0.3) is 0 Å². The summed E-state index contributed by atoms with van der Waals surface area (Å²) in [6.45, 7) is 10.1. The Bertz CT molecular complexity index is 347. The standard InChI is InChI=1S/C17H30N2S/c1-4-7-15-8-10-16(11-9-15)17(18)14-20-13-12-19(5-2)6-3/h8-11,17H,4-7,12-14,18H2,1-3H3. The molecule has 1 atom stereocenters. The molecule has 0 amide bonds. The first-order valence-corrected chi connectivity index (χ1v) is 9.01. The molecule has 0 aliphatic heterocycles. The maximum absolute atomic E-state index is 6.27. The molecule has 0 bridgehead atoms. The fourth-order valence-corrected chi connectivity index (χ4v) is 3.26. The first-order chi connectivity index (χ1) is 9.71. The zero-order chi connectivity index (χ0) is 14.8. The van der Waals surface area contributed by atoms with Crippen molar-refractivity contribution in [3.8, 4) is 0 Å². The van der Waals surface area contributed by atoms with Crippen LogP contribution in [0.4, 0.5) is 0 Å². The molecule has 1 unspecified atom stereocenters. The maximum Gasteiger partial charge on any atom is 0.0386 e. The lowest BCUT2D eigenvalue weighted by molar-refractivity contribution is 0.324. The van der Waals surface area contributed by atoms with E-state index in [0.29, 0.717) is 0 Å². The molecule has 20 heavy (non-hydrogen) atoms. The summed E-state index contributed by atoms with van der Waals surface area (Å²) in [5.41, 5.74) is 8.95. The van der Waals surface area contributed by atoms with Crippen molar-refractivity contribution in [3.63, 3.8) is 0 Å². The second-order valence-electron chi connectivity index (χ2n) is 5.20. The van der Waals surface area contributed by atoms with E-state index in [1.165, 1.54) is 29.8 Å². The van der Waals surface area contributed by atoms with Gasteiger partial charge >= 0.3 is 0 Å². The maximum atomic E-state index is 6.27. The first-order valence-electron chi connectivity index (χ1n) is 7.85. The van der Waals surface area contributed by atoms with Crippen molar-refractivity contribution in [1.29, 1.82) is 0 Å². The van der Waals surface area contributed by atoms with E-state index in [1.54, 1.807) is 0 Å². The van der Waals surface area contributed by atoms with E-state index in [4.69, 9.17) is 5.73 Å². The molecule has 1 rings (SSSR count). The Morgan fingerprint density at radius 1 is 1.10 bits per heavy atom. The van der Waals surface area contributed by atoms with Gasteiger partial charge in [0.2, 0.25) is 0 Å². The van der Waals surface area contributed by atoms with Crippen molar-refractivity contribution in [2.75, 3.05) is 31.1 Å². The summed E-state index contributed by atoms with van der Waals surface area (Å²) < 4.78 is 0. The molecule has 0 fully saturated rings. The molecular formula is C17H30N2S. The van der Waals surface area contributed by atoms with Gasteiger partial charge in [0.05, 0.1) is 0 Å². The van der Waals surface area contributed by atoms with Gasteiger partial charge in [-0.3, -0.25) is 0 Å². The number of hydrogen-bond donors (Lipinski definition) is 1. The summed E-state index contributed by atoms with van der Waals surface area (Å²) in [7, 11) is 0. The Morgan fingerprint density at radius 2 is 1.75 bits per heavy atom. The number of benzene rings is 1. The molecule has 2 nitrogen and oxygen atoms in total. The van der Waals surface area contributed by atoms with E-state index < -0.39 is 0 Å². The van der Waals surface area contributed by atoms with Crippen molar-refractivity contribution >= 4 is 11.8 Å². The molecule has 0 spiro atoms. The zero-order valence-electron chi connectivity index (χ0n) is 13.3. The third-order valence-electron chi connectivity index (χ3n) is 3.69. The molecule has 1 aromatic rings. The number of nitrogens with two attached hydrogens (primary N) is 1. The lowest BCUT2D eigenvalue weighted by Crippen LogP contribution is -2.25. The summed E-state index contributed by atoms with van der Waals surface area (Å²) in [6, 6.07) is 8.99. The highest BCUT2D eigenvalue weighted by atomic mass is 32.2. The topological polar surface area (TPSA) is 29.3 Å². The Hall–Kier alpha value is -0.510. The summed E-state index contributed by atoms with van der Waals surface area (Å²) in [6.07, 6.45) is 2.36. The number of aryl methyl sites for hydroxylation is 1. The van der Waals surface area contributed by atoms with Crippen LogP contribution in [0, 0.1) is 0 Å². The van der Waals surface area contributed by atoms with Crippen LogP contribution >= 0.6 is 11.8 Å². The summed E-state index contributed by atoms with van der Waals surface area (Å²) in [5, 5.41) is 0. The molecule has 0 saturated carbocycles. The van der Waals surface area contributed by atoms with E-state index in [9.17, 15) is 0 Å². The van der Waals surface area contributed by atoms with Crippen LogP contribution in [0.2, 0.25) is 0 Å². The summed E-state index contributed by atoms with van der Waals surface area (Å²) >= 11 is 1.96. The van der Waals surface area contributed by atoms with E-state index in [1.807, 2.05) is 11.8 Å². The van der Waals surface area contributed by atoms with Gasteiger partial charge in [-0.05, 0) is 30.6 Å². The van der Waals surface area contributed by atoms with Crippen molar-refractivity contribution in [3.05, 3.63) is 35.4 Å². The molecule has 0 aliphatic rings. The largest absolute Gasteiger partial charge is 0.323 e. The molecule has 0 radical (unpaired) electrons. The van der Waals surface area contributed by atoms with Gasteiger partial charge in [-0.25, -0.2) is 0 Å². The van der Waals surface area contributed by atoms with Crippen LogP contribution in [0.3, 0.4) is 0 Å². The molecule has 114 valence electrons. The third-order valence-corrected chi connectivity index (χ3v) is 4.76. The van der Waals surface area contributed by atoms with Crippen molar-refractivity contribution in [2.45, 2.75) is 39.7 Å². The molecule has 0 aromatic heterocycles. The van der Waals surface area contributed by atoms with Crippen LogP contribution in [0.15, 0.2) is 24.3 Å². The summed E-state index contributed by atoms with van der Waals surface area (Å²) in [4.78, 5) is 2.46. The Balaban J connectivity index is 2.29. The van der Waals surface area contributed by atoms with Crippen molar-refractivity contribution in [1.82, 2.24) is 4.90 Å². The normalized spacial score (nSPS) is 12.8. The zero-order valence-corrected chi connectivity index (χ0v) is 14.1. The van der Waals surface area contributed by atoms with Crippen molar-refractivity contribution < 1.29 is 0 Å². The smallest absolute Gasteiger partial charge is 0.0386 e. The fourth-order valence-electron chi connectivity index (χ4n) is 2.26. The van der Waals surface area contributed by atoms with Crippen LogP contribution in [-0.4, -0.2) is 36.0 Å². The minimum absolute atomic E-state index is 0.160. The second kappa shape index (κ2) is 10.3. The van der Waals surface area contributed by atoms with Gasteiger partial charge in [0.25, 0.3) is 0 Å². The quantitative estimate of drug-likeness (QED) is 0.667. The molecular weight excluding hydrogens is 264 g/mol. The van der Waals surface area contributed by atoms with Gasteiger partial charge in [0, 0.05) is 24.1 Å². The van der Waals surface area contributed by atoms with Gasteiger partial charge in [-0.15, -0.1) is 0 Å². The highest BCUT2D eigenvalue weighted by molar-refractivity contribution is 7.99. The molecule has 0 saturated heterocycles. The van der Waals surface area contributed by atoms with E-state index >= 15 is 0 Å². The number of hydrogen-bond acceptors (Lipinski definition) is 3. The van der Waals surface area contributed by atoms with Crippen LogP contribution in [0.5, 0.6) is 0 Å². The average Bonchev–Trinajstić information content (AvgIpc) is 2.48. The van der Waals surface area contributed by atoms with Gasteiger partial charge in [-0.2, -0.15) is 11.8 Å². The van der Waals surface area contributed by atoms with Gasteiger partial charge in [-0.1, -0.05) is 51.5 Å². The van der Waals surface area contributed by atoms with E-state index in [2.05, 4.69) is 49.9 Å². The number of thioether (sulfide) groups is 1. The molecule has 0 heterocycles. The minimum Gasteiger partial charge on any atom is -0.323 e. The number of rotatable bonds is 10. The second-order valence-corrected chi connectivity index (χ2v) is 6.35. The monoisotopic (exact) mass is 294 g/mol. The Kier molecular flexibility index (Phi) is 8.99. The van der Waals surface area contributed by atoms with E-state index in [0.717, 1.165) is 25.3 Å². The lowest BCUT2D eigenvalue weighted by atomic mass is 10.0. The lowest BCUT2D eigenvalue weighted by Gasteiger charge is -2.18. The predicted molar refractivity (Wildman–Crippen MR) is 92.5 cm³/mol. The highest BCUT2D eigenvalue weighted by Gasteiger charge is 2.06. The van der Waals surface area contributed by atoms with Gasteiger partial charge in [0.1, 0.15) is 0 Å². The first kappa shape index (κ1) is 17.5. The highest BCUT2D eigenvalue weighted by Crippen LogP contribution is 2.17. The Morgan fingerprint density at radius 3 is 2.30 bits per heavy atom. The van der Waals surface area contributed by atoms with Crippen LogP contribution in [-0.2, 0) is 6.42 Å². The molecule has 2 N–H and O–H groups in total. The number of nitrogens with zero attached hydrogens (tertiary/aromatic N) is 1. The van der Waals surface area contributed by atoms with Crippen molar-refractivity contribution in [2.24, 2.45) is 5.73 Å².